The van der Waals surface area contributed by atoms with Crippen LogP contribution in [0.4, 0.5) is 0 Å². The van der Waals surface area contributed by atoms with Crippen LogP contribution in [0.3, 0.4) is 0 Å². The molecule has 0 radical (unpaired) electrons. The third kappa shape index (κ3) is 2.37. The Morgan fingerprint density at radius 2 is 2.00 bits per heavy atom. The van der Waals surface area contributed by atoms with E-state index in [4.69, 9.17) is 23.2 Å². The molecule has 0 bridgehead atoms. The van der Waals surface area contributed by atoms with Gasteiger partial charge in [-0.25, -0.2) is 4.98 Å². The highest BCUT2D eigenvalue weighted by atomic mass is 35.5. The maximum Gasteiger partial charge on any atom is 0.132 e. The van der Waals surface area contributed by atoms with Gasteiger partial charge in [0.25, 0.3) is 0 Å². The van der Waals surface area contributed by atoms with Gasteiger partial charge in [-0.2, -0.15) is 5.26 Å². The summed E-state index contributed by atoms with van der Waals surface area (Å²) in [5, 5.41) is 9.66. The molecule has 1 aromatic heterocycles. The molecule has 0 saturated carbocycles. The first-order chi connectivity index (χ1) is 10.1. The highest BCUT2D eigenvalue weighted by Crippen LogP contribution is 2.30. The highest BCUT2D eigenvalue weighted by Gasteiger charge is 2.18. The number of imidazole rings is 1. The number of hydrogen-bond acceptors (Lipinski definition) is 2. The van der Waals surface area contributed by atoms with Gasteiger partial charge in [0.15, 0.2) is 0 Å². The van der Waals surface area contributed by atoms with Crippen molar-refractivity contribution < 1.29 is 0 Å². The lowest BCUT2D eigenvalue weighted by Gasteiger charge is -2.12. The molecule has 5 heteroatoms. The number of alkyl halides is 1. The van der Waals surface area contributed by atoms with Crippen molar-refractivity contribution >= 4 is 34.2 Å². The smallest absolute Gasteiger partial charge is 0.132 e. The first kappa shape index (κ1) is 13.9. The molecule has 0 amide bonds. The molecule has 0 spiro atoms. The summed E-state index contributed by atoms with van der Waals surface area (Å²) in [6.45, 7) is 1.86. The maximum atomic E-state index is 9.33. The van der Waals surface area contributed by atoms with E-state index in [1.165, 1.54) is 0 Å². The Morgan fingerprint density at radius 1 is 1.24 bits per heavy atom. The summed E-state index contributed by atoms with van der Waals surface area (Å²) in [5.41, 5.74) is 2.96. The first-order valence-electron chi connectivity index (χ1n) is 6.43. The predicted molar refractivity (Wildman–Crippen MR) is 85.1 cm³/mol. The Bertz CT molecular complexity index is 860. The molecule has 1 unspecified atom stereocenters. The normalized spacial score (nSPS) is 12.3. The molecule has 3 nitrogen and oxygen atoms in total. The molecule has 0 aliphatic rings. The molecule has 21 heavy (non-hydrogen) atoms. The fourth-order valence-corrected chi connectivity index (χ4v) is 2.66. The zero-order valence-electron chi connectivity index (χ0n) is 11.2. The predicted octanol–water partition coefficient (Wildman–Crippen LogP) is 4.85. The number of hydrogen-bond donors (Lipinski definition) is 0. The Morgan fingerprint density at radius 3 is 2.71 bits per heavy atom. The van der Waals surface area contributed by atoms with Gasteiger partial charge in [-0.05, 0) is 37.3 Å². The number of para-hydroxylation sites is 1. The summed E-state index contributed by atoms with van der Waals surface area (Å²) >= 11 is 12.4. The maximum absolute atomic E-state index is 9.33. The van der Waals surface area contributed by atoms with Crippen LogP contribution in [0.25, 0.3) is 16.7 Å². The Balaban J connectivity index is 2.42. The van der Waals surface area contributed by atoms with Crippen LogP contribution in [0.5, 0.6) is 0 Å². The van der Waals surface area contributed by atoms with Crippen LogP contribution in [-0.4, -0.2) is 9.55 Å². The fourth-order valence-electron chi connectivity index (χ4n) is 2.35. The van der Waals surface area contributed by atoms with E-state index >= 15 is 0 Å². The average Bonchev–Trinajstić information content (AvgIpc) is 2.85. The van der Waals surface area contributed by atoms with Gasteiger partial charge < -0.3 is 0 Å². The minimum Gasteiger partial charge on any atom is -0.294 e. The largest absolute Gasteiger partial charge is 0.294 e. The number of aromatic nitrogens is 2. The van der Waals surface area contributed by atoms with E-state index in [1.807, 2.05) is 41.8 Å². The molecule has 2 aromatic carbocycles. The molecule has 1 atom stereocenters. The molecule has 1 heterocycles. The molecule has 0 N–H and O–H groups in total. The molecule has 104 valence electrons. The minimum absolute atomic E-state index is 0.289. The SMILES string of the molecule is CC(Cl)c1nc2ccc(Cl)cc2n1-c1ccccc1C#N. The monoisotopic (exact) mass is 315 g/mol. The van der Waals surface area contributed by atoms with Crippen molar-refractivity contribution in [2.45, 2.75) is 12.3 Å². The lowest BCUT2D eigenvalue weighted by molar-refractivity contribution is 0.881. The number of benzene rings is 2. The summed E-state index contributed by atoms with van der Waals surface area (Å²) in [5.74, 6) is 0.691. The number of nitriles is 1. The first-order valence-corrected chi connectivity index (χ1v) is 7.24. The molecule has 3 rings (SSSR count). The van der Waals surface area contributed by atoms with E-state index in [0.717, 1.165) is 16.7 Å². The molecule has 3 aromatic rings. The third-order valence-electron chi connectivity index (χ3n) is 3.26. The van der Waals surface area contributed by atoms with E-state index < -0.39 is 0 Å². The van der Waals surface area contributed by atoms with Gasteiger partial charge in [-0.15, -0.1) is 11.6 Å². The second-order valence-electron chi connectivity index (χ2n) is 4.68. The van der Waals surface area contributed by atoms with Crippen LogP contribution in [0.1, 0.15) is 23.7 Å². The lowest BCUT2D eigenvalue weighted by atomic mass is 10.2. The zero-order valence-corrected chi connectivity index (χ0v) is 12.7. The summed E-state index contributed by atoms with van der Waals surface area (Å²) < 4.78 is 1.90. The van der Waals surface area contributed by atoms with Crippen LogP contribution >= 0.6 is 23.2 Å². The van der Waals surface area contributed by atoms with E-state index in [-0.39, 0.29) is 5.38 Å². The minimum atomic E-state index is -0.289. The summed E-state index contributed by atoms with van der Waals surface area (Å²) in [6.07, 6.45) is 0. The quantitative estimate of drug-likeness (QED) is 0.634. The van der Waals surface area contributed by atoms with Crippen LogP contribution < -0.4 is 0 Å². The molecule has 0 aliphatic carbocycles. The fraction of sp³-hybridized carbons (Fsp3) is 0.125. The average molecular weight is 316 g/mol. The molecular weight excluding hydrogens is 305 g/mol. The molecule has 0 fully saturated rings. The second kappa shape index (κ2) is 5.40. The standard InChI is InChI=1S/C16H11Cl2N3/c1-10(17)16-20-13-7-6-12(18)8-15(13)21(16)14-5-3-2-4-11(14)9-19/h2-8,10H,1H3. The van der Waals surface area contributed by atoms with Crippen molar-refractivity contribution in [2.75, 3.05) is 0 Å². The molecule has 0 saturated heterocycles. The summed E-state index contributed by atoms with van der Waals surface area (Å²) in [4.78, 5) is 4.57. The van der Waals surface area contributed by atoms with Crippen molar-refractivity contribution in [3.8, 4) is 11.8 Å². The van der Waals surface area contributed by atoms with Gasteiger partial charge in [-0.3, -0.25) is 4.57 Å². The highest BCUT2D eigenvalue weighted by molar-refractivity contribution is 6.31. The van der Waals surface area contributed by atoms with Crippen LogP contribution in [0.2, 0.25) is 5.02 Å². The van der Waals surface area contributed by atoms with Gasteiger partial charge in [-0.1, -0.05) is 23.7 Å². The van der Waals surface area contributed by atoms with Gasteiger partial charge in [0.05, 0.1) is 27.7 Å². The van der Waals surface area contributed by atoms with Crippen molar-refractivity contribution in [2.24, 2.45) is 0 Å². The molecule has 0 aliphatic heterocycles. The number of nitrogens with zero attached hydrogens (tertiary/aromatic N) is 3. The number of rotatable bonds is 2. The summed E-state index contributed by atoms with van der Waals surface area (Å²) in [6, 6.07) is 15.0. The van der Waals surface area contributed by atoms with E-state index in [9.17, 15) is 5.26 Å². The van der Waals surface area contributed by atoms with Crippen molar-refractivity contribution in [3.05, 3.63) is 58.9 Å². The van der Waals surface area contributed by atoms with Gasteiger partial charge in [0, 0.05) is 5.02 Å². The van der Waals surface area contributed by atoms with Crippen molar-refractivity contribution in [1.82, 2.24) is 9.55 Å². The van der Waals surface area contributed by atoms with Gasteiger partial charge in [0.1, 0.15) is 11.9 Å². The number of halogens is 2. The Kier molecular flexibility index (Phi) is 3.59. The Hall–Kier alpha value is -2.02. The Labute approximate surface area is 132 Å². The van der Waals surface area contributed by atoms with Crippen molar-refractivity contribution in [3.63, 3.8) is 0 Å². The third-order valence-corrected chi connectivity index (χ3v) is 3.69. The summed E-state index contributed by atoms with van der Waals surface area (Å²) in [7, 11) is 0. The topological polar surface area (TPSA) is 41.6 Å². The second-order valence-corrected chi connectivity index (χ2v) is 5.77. The van der Waals surface area contributed by atoms with Crippen LogP contribution in [0.15, 0.2) is 42.5 Å². The van der Waals surface area contributed by atoms with E-state index in [0.29, 0.717) is 16.4 Å². The lowest BCUT2D eigenvalue weighted by Crippen LogP contribution is -2.03. The van der Waals surface area contributed by atoms with Crippen LogP contribution in [0, 0.1) is 11.3 Å². The zero-order chi connectivity index (χ0) is 15.0. The van der Waals surface area contributed by atoms with Gasteiger partial charge >= 0.3 is 0 Å². The van der Waals surface area contributed by atoms with E-state index in [2.05, 4.69) is 11.1 Å². The van der Waals surface area contributed by atoms with Crippen molar-refractivity contribution in [1.29, 1.82) is 5.26 Å². The molecular formula is C16H11Cl2N3. The van der Waals surface area contributed by atoms with Crippen LogP contribution in [-0.2, 0) is 0 Å². The van der Waals surface area contributed by atoms with Gasteiger partial charge in [0.2, 0.25) is 0 Å². The van der Waals surface area contributed by atoms with E-state index in [1.54, 1.807) is 12.1 Å². The number of fused-ring (bicyclic) bond motifs is 1.